The maximum atomic E-state index is 12.1. The Labute approximate surface area is 147 Å². The second-order valence-electron chi connectivity index (χ2n) is 6.49. The molecule has 0 saturated heterocycles. The molecule has 3 atom stereocenters. The topological polar surface area (TPSA) is 78.9 Å². The molecule has 1 aromatic heterocycles. The van der Waals surface area contributed by atoms with E-state index in [1.54, 1.807) is 20.3 Å². The fourth-order valence-electron chi connectivity index (χ4n) is 4.04. The highest BCUT2D eigenvalue weighted by Gasteiger charge is 2.53. The summed E-state index contributed by atoms with van der Waals surface area (Å²) in [6, 6.07) is 3.76. The minimum atomic E-state index is -0.748. The molecule has 0 saturated carbocycles. The van der Waals surface area contributed by atoms with E-state index in [0.717, 1.165) is 11.3 Å². The largest absolute Gasteiger partial charge is 0.481 e. The summed E-state index contributed by atoms with van der Waals surface area (Å²) >= 11 is 0. The van der Waals surface area contributed by atoms with E-state index in [0.29, 0.717) is 18.7 Å². The van der Waals surface area contributed by atoms with Crippen molar-refractivity contribution in [3.63, 3.8) is 0 Å². The van der Waals surface area contributed by atoms with Gasteiger partial charge in [0.2, 0.25) is 5.88 Å². The third kappa shape index (κ3) is 3.09. The van der Waals surface area contributed by atoms with Gasteiger partial charge in [0.15, 0.2) is 0 Å². The first-order chi connectivity index (χ1) is 12.0. The average molecular weight is 348 g/mol. The minimum Gasteiger partial charge on any atom is -0.481 e. The van der Waals surface area contributed by atoms with Crippen molar-refractivity contribution >= 4 is 6.09 Å². The first-order valence-corrected chi connectivity index (χ1v) is 8.22. The molecule has 7 nitrogen and oxygen atoms in total. The SMILES string of the molecule is COCO[C@@H]1[C@H]2C=C(C)C[C@]1(NC(=O)OC)c1ccc(OC)nc1C2. The standard InChI is InChI=1S/C18H24N2O5/c1-11-7-12-8-14-13(5-6-15(19-14)23-3)18(9-11,20-17(21)24-4)16(12)25-10-22-2/h5-7,12,16H,8-10H2,1-4H3,(H,20,21)/t12-,16+,18-/m0/s1. The highest BCUT2D eigenvalue weighted by atomic mass is 16.7. The predicted molar refractivity (Wildman–Crippen MR) is 90.3 cm³/mol. The van der Waals surface area contributed by atoms with Crippen molar-refractivity contribution in [2.45, 2.75) is 31.4 Å². The molecule has 3 rings (SSSR count). The summed E-state index contributed by atoms with van der Waals surface area (Å²) in [6.07, 6.45) is 2.76. The van der Waals surface area contributed by atoms with Crippen LogP contribution in [0.25, 0.3) is 0 Å². The third-order valence-electron chi connectivity index (χ3n) is 4.87. The van der Waals surface area contributed by atoms with E-state index in [2.05, 4.69) is 23.3 Å². The first-order valence-electron chi connectivity index (χ1n) is 8.22. The van der Waals surface area contributed by atoms with Gasteiger partial charge in [-0.15, -0.1) is 0 Å². The van der Waals surface area contributed by atoms with E-state index in [4.69, 9.17) is 18.9 Å². The van der Waals surface area contributed by atoms with Gasteiger partial charge in [0.05, 0.1) is 26.0 Å². The smallest absolute Gasteiger partial charge is 0.407 e. The Balaban J connectivity index is 2.12. The van der Waals surface area contributed by atoms with Crippen molar-refractivity contribution in [1.82, 2.24) is 10.3 Å². The van der Waals surface area contributed by atoms with E-state index in [9.17, 15) is 4.79 Å². The molecule has 2 bridgehead atoms. The van der Waals surface area contributed by atoms with Crippen LogP contribution in [0.15, 0.2) is 23.8 Å². The van der Waals surface area contributed by atoms with Gasteiger partial charge in [-0.2, -0.15) is 0 Å². The van der Waals surface area contributed by atoms with Gasteiger partial charge >= 0.3 is 6.09 Å². The molecule has 0 fully saturated rings. The number of hydrogen-bond acceptors (Lipinski definition) is 6. The van der Waals surface area contributed by atoms with Crippen LogP contribution in [0.5, 0.6) is 5.88 Å². The Morgan fingerprint density at radius 2 is 2.16 bits per heavy atom. The van der Waals surface area contributed by atoms with Gasteiger partial charge in [0.25, 0.3) is 0 Å². The van der Waals surface area contributed by atoms with Gasteiger partial charge < -0.3 is 24.3 Å². The summed E-state index contributed by atoms with van der Waals surface area (Å²) in [5.74, 6) is 0.634. The van der Waals surface area contributed by atoms with E-state index < -0.39 is 11.6 Å². The lowest BCUT2D eigenvalue weighted by molar-refractivity contribution is -0.127. The molecule has 1 amide bonds. The Bertz CT molecular complexity index is 690. The number of alkyl carbamates (subject to hydrolysis) is 1. The van der Waals surface area contributed by atoms with Crippen molar-refractivity contribution in [2.24, 2.45) is 5.92 Å². The Morgan fingerprint density at radius 1 is 1.36 bits per heavy atom. The fourth-order valence-corrected chi connectivity index (χ4v) is 4.04. The van der Waals surface area contributed by atoms with Crippen LogP contribution in [0.2, 0.25) is 0 Å². The van der Waals surface area contributed by atoms with Crippen molar-refractivity contribution < 1.29 is 23.7 Å². The predicted octanol–water partition coefficient (Wildman–Crippen LogP) is 2.15. The maximum absolute atomic E-state index is 12.1. The summed E-state index contributed by atoms with van der Waals surface area (Å²) in [5.41, 5.74) is 2.28. The molecule has 1 heterocycles. The van der Waals surface area contributed by atoms with Crippen LogP contribution in [-0.2, 0) is 26.2 Å². The molecule has 0 spiro atoms. The Hall–Kier alpha value is -2.12. The molecule has 7 heteroatoms. The third-order valence-corrected chi connectivity index (χ3v) is 4.87. The highest BCUT2D eigenvalue weighted by Crippen LogP contribution is 2.48. The number of carbonyl (C=O) groups excluding carboxylic acids is 1. The molecule has 0 radical (unpaired) electrons. The monoisotopic (exact) mass is 348 g/mol. The van der Waals surface area contributed by atoms with Crippen LogP contribution in [0, 0.1) is 5.92 Å². The number of fused-ring (bicyclic) bond motifs is 4. The van der Waals surface area contributed by atoms with E-state index >= 15 is 0 Å². The van der Waals surface area contributed by atoms with Gasteiger partial charge in [0.1, 0.15) is 12.3 Å². The number of ether oxygens (including phenoxy) is 4. The molecule has 2 aliphatic carbocycles. The molecule has 0 aliphatic heterocycles. The van der Waals surface area contributed by atoms with Crippen molar-refractivity contribution in [2.75, 3.05) is 28.1 Å². The minimum absolute atomic E-state index is 0.0770. The lowest BCUT2D eigenvalue weighted by Crippen LogP contribution is -2.61. The van der Waals surface area contributed by atoms with Crippen LogP contribution in [0.4, 0.5) is 4.79 Å². The van der Waals surface area contributed by atoms with Crippen LogP contribution >= 0.6 is 0 Å². The second-order valence-corrected chi connectivity index (χ2v) is 6.49. The molecule has 1 aromatic rings. The number of rotatable bonds is 5. The van der Waals surface area contributed by atoms with Gasteiger partial charge in [-0.25, -0.2) is 9.78 Å². The van der Waals surface area contributed by atoms with Crippen LogP contribution in [0.3, 0.4) is 0 Å². The van der Waals surface area contributed by atoms with Crippen molar-refractivity contribution in [3.05, 3.63) is 35.0 Å². The molecular weight excluding hydrogens is 324 g/mol. The quantitative estimate of drug-likeness (QED) is 0.649. The van der Waals surface area contributed by atoms with Gasteiger partial charge in [0, 0.05) is 24.7 Å². The summed E-state index contributed by atoms with van der Waals surface area (Å²) in [4.78, 5) is 16.8. The number of amides is 1. The Kier molecular flexibility index (Phi) is 4.96. The number of nitrogens with zero attached hydrogens (tertiary/aromatic N) is 1. The lowest BCUT2D eigenvalue weighted by atomic mass is 9.64. The number of carbonyl (C=O) groups is 1. The summed E-state index contributed by atoms with van der Waals surface area (Å²) in [5, 5.41) is 3.03. The molecular formula is C18H24N2O5. The molecule has 0 aromatic carbocycles. The average Bonchev–Trinajstić information content (AvgIpc) is 2.59. The van der Waals surface area contributed by atoms with E-state index in [1.807, 2.05) is 6.07 Å². The zero-order valence-corrected chi connectivity index (χ0v) is 15.0. The normalized spacial score (nSPS) is 27.1. The summed E-state index contributed by atoms with van der Waals surface area (Å²) in [7, 11) is 4.53. The van der Waals surface area contributed by atoms with Crippen LogP contribution in [-0.4, -0.2) is 45.3 Å². The highest BCUT2D eigenvalue weighted by molar-refractivity contribution is 5.69. The summed E-state index contributed by atoms with van der Waals surface area (Å²) < 4.78 is 21.3. The van der Waals surface area contributed by atoms with Gasteiger partial charge in [-0.1, -0.05) is 11.6 Å². The molecule has 0 unspecified atom stereocenters. The molecule has 136 valence electrons. The van der Waals surface area contributed by atoms with E-state index in [-0.39, 0.29) is 18.8 Å². The second kappa shape index (κ2) is 7.01. The van der Waals surface area contributed by atoms with E-state index in [1.165, 1.54) is 12.7 Å². The van der Waals surface area contributed by atoms with Crippen LogP contribution < -0.4 is 10.1 Å². The number of pyridine rings is 1. The molecule has 25 heavy (non-hydrogen) atoms. The zero-order chi connectivity index (χ0) is 18.0. The lowest BCUT2D eigenvalue weighted by Gasteiger charge is -2.50. The number of nitrogens with one attached hydrogen (secondary N) is 1. The Morgan fingerprint density at radius 3 is 2.84 bits per heavy atom. The fraction of sp³-hybridized carbons (Fsp3) is 0.556. The molecule has 1 N–H and O–H groups in total. The zero-order valence-electron chi connectivity index (χ0n) is 15.0. The number of aromatic nitrogens is 1. The first kappa shape index (κ1) is 17.7. The summed E-state index contributed by atoms with van der Waals surface area (Å²) in [6.45, 7) is 2.22. The maximum Gasteiger partial charge on any atom is 0.407 e. The molecule has 2 aliphatic rings. The van der Waals surface area contributed by atoms with Crippen LogP contribution in [0.1, 0.15) is 24.6 Å². The van der Waals surface area contributed by atoms with Crippen molar-refractivity contribution in [3.8, 4) is 5.88 Å². The van der Waals surface area contributed by atoms with Gasteiger partial charge in [-0.3, -0.25) is 0 Å². The van der Waals surface area contributed by atoms with Gasteiger partial charge in [-0.05, 0) is 25.8 Å². The number of hydrogen-bond donors (Lipinski definition) is 1. The number of methoxy groups -OCH3 is 3. The van der Waals surface area contributed by atoms with Crippen molar-refractivity contribution in [1.29, 1.82) is 0 Å².